The average Bonchev–Trinajstić information content (AvgIpc) is 2.55. The molecule has 2 rings (SSSR count). The molecule has 1 heterocycles. The van der Waals surface area contributed by atoms with Crippen LogP contribution in [0, 0.1) is 5.92 Å². The lowest BCUT2D eigenvalue weighted by Crippen LogP contribution is -2.35. The molecule has 86 valence electrons. The van der Waals surface area contributed by atoms with Gasteiger partial charge in [-0.1, -0.05) is 19.3 Å². The van der Waals surface area contributed by atoms with E-state index in [0.717, 1.165) is 38.6 Å². The topological polar surface area (TPSA) is 44.4 Å². The Morgan fingerprint density at radius 2 is 2.27 bits per heavy atom. The molecule has 0 radical (unpaired) electrons. The summed E-state index contributed by atoms with van der Waals surface area (Å²) in [7, 11) is 0. The van der Waals surface area contributed by atoms with E-state index < -0.39 is 0 Å². The molecule has 4 nitrogen and oxygen atoms in total. The number of urea groups is 1. The fraction of sp³-hybridized carbons (Fsp3) is 0.909. The summed E-state index contributed by atoms with van der Waals surface area (Å²) in [5, 5.41) is 6.22. The van der Waals surface area contributed by atoms with Crippen LogP contribution < -0.4 is 10.6 Å². The number of carbonyl (C=O) groups is 1. The average molecular weight is 211 g/mol. The number of nitrogens with zero attached hydrogens (tertiary/aromatic N) is 1. The number of hydrogen-bond donors (Lipinski definition) is 2. The molecule has 4 heteroatoms. The Labute approximate surface area is 91.4 Å². The van der Waals surface area contributed by atoms with Crippen molar-refractivity contribution in [3.63, 3.8) is 0 Å². The molecule has 2 aliphatic rings. The van der Waals surface area contributed by atoms with Crippen LogP contribution in [0.15, 0.2) is 0 Å². The summed E-state index contributed by atoms with van der Waals surface area (Å²) in [6, 6.07) is 0.0933. The Balaban J connectivity index is 1.45. The number of carbonyl (C=O) groups excluding carboxylic acids is 1. The zero-order chi connectivity index (χ0) is 10.5. The van der Waals surface area contributed by atoms with Gasteiger partial charge in [0.05, 0.1) is 0 Å². The van der Waals surface area contributed by atoms with Crippen molar-refractivity contribution in [1.82, 2.24) is 15.5 Å². The standard InChI is InChI=1S/C11H21N3O/c15-11-13-7-9-14(11)8-6-12-5-4-10-2-1-3-10/h10,12H,1-9H2,(H,13,15). The van der Waals surface area contributed by atoms with Crippen LogP contribution in [0.4, 0.5) is 4.79 Å². The normalized spacial score (nSPS) is 21.6. The highest BCUT2D eigenvalue weighted by molar-refractivity contribution is 5.76. The van der Waals surface area contributed by atoms with E-state index in [-0.39, 0.29) is 6.03 Å². The van der Waals surface area contributed by atoms with Crippen LogP contribution in [0.25, 0.3) is 0 Å². The lowest BCUT2D eigenvalue weighted by molar-refractivity contribution is 0.217. The smallest absolute Gasteiger partial charge is 0.317 e. The van der Waals surface area contributed by atoms with E-state index in [1.165, 1.54) is 25.7 Å². The number of amides is 2. The predicted octanol–water partition coefficient (Wildman–Crippen LogP) is 0.791. The van der Waals surface area contributed by atoms with Gasteiger partial charge in [0, 0.05) is 26.2 Å². The molecule has 0 spiro atoms. The molecule has 0 unspecified atom stereocenters. The van der Waals surface area contributed by atoms with Crippen molar-refractivity contribution in [3.05, 3.63) is 0 Å². The molecule has 1 saturated carbocycles. The summed E-state index contributed by atoms with van der Waals surface area (Å²) in [5.41, 5.74) is 0. The largest absolute Gasteiger partial charge is 0.336 e. The van der Waals surface area contributed by atoms with E-state index in [4.69, 9.17) is 0 Å². The lowest BCUT2D eigenvalue weighted by atomic mass is 9.83. The van der Waals surface area contributed by atoms with E-state index in [2.05, 4.69) is 10.6 Å². The Bertz CT molecular complexity index is 216. The third-order valence-corrected chi connectivity index (χ3v) is 3.46. The van der Waals surface area contributed by atoms with Crippen LogP contribution >= 0.6 is 0 Å². The summed E-state index contributed by atoms with van der Waals surface area (Å²) >= 11 is 0. The van der Waals surface area contributed by atoms with Gasteiger partial charge in [-0.2, -0.15) is 0 Å². The molecule has 15 heavy (non-hydrogen) atoms. The second-order valence-corrected chi connectivity index (χ2v) is 4.55. The van der Waals surface area contributed by atoms with E-state index in [1.54, 1.807) is 0 Å². The fourth-order valence-electron chi connectivity index (χ4n) is 2.15. The Morgan fingerprint density at radius 3 is 2.87 bits per heavy atom. The monoisotopic (exact) mass is 211 g/mol. The third-order valence-electron chi connectivity index (χ3n) is 3.46. The summed E-state index contributed by atoms with van der Waals surface area (Å²) in [5.74, 6) is 0.979. The quantitative estimate of drug-likeness (QED) is 0.638. The van der Waals surface area contributed by atoms with E-state index in [9.17, 15) is 4.79 Å². The second-order valence-electron chi connectivity index (χ2n) is 4.55. The number of rotatable bonds is 6. The van der Waals surface area contributed by atoms with Crippen LogP contribution in [-0.4, -0.2) is 43.7 Å². The molecule has 2 amide bonds. The fourth-order valence-corrected chi connectivity index (χ4v) is 2.15. The Kier molecular flexibility index (Phi) is 3.83. The van der Waals surface area contributed by atoms with Gasteiger partial charge >= 0.3 is 6.03 Å². The van der Waals surface area contributed by atoms with Gasteiger partial charge in [-0.25, -0.2) is 4.79 Å². The van der Waals surface area contributed by atoms with Gasteiger partial charge in [0.1, 0.15) is 0 Å². The van der Waals surface area contributed by atoms with Crippen molar-refractivity contribution < 1.29 is 4.79 Å². The van der Waals surface area contributed by atoms with Crippen molar-refractivity contribution in [2.24, 2.45) is 5.92 Å². The molecular weight excluding hydrogens is 190 g/mol. The van der Waals surface area contributed by atoms with Crippen molar-refractivity contribution in [3.8, 4) is 0 Å². The maximum Gasteiger partial charge on any atom is 0.317 e. The number of nitrogens with one attached hydrogen (secondary N) is 2. The van der Waals surface area contributed by atoms with Gasteiger partial charge in [-0.3, -0.25) is 0 Å². The van der Waals surface area contributed by atoms with Crippen molar-refractivity contribution in [1.29, 1.82) is 0 Å². The molecule has 0 aromatic heterocycles. The van der Waals surface area contributed by atoms with Crippen LogP contribution in [0.2, 0.25) is 0 Å². The first kappa shape index (κ1) is 10.7. The molecule has 0 aromatic rings. The predicted molar refractivity (Wildman–Crippen MR) is 59.8 cm³/mol. The minimum Gasteiger partial charge on any atom is -0.336 e. The molecule has 0 aromatic carbocycles. The first-order valence-corrected chi connectivity index (χ1v) is 6.10. The second kappa shape index (κ2) is 5.35. The zero-order valence-electron chi connectivity index (χ0n) is 9.30. The van der Waals surface area contributed by atoms with Crippen LogP contribution in [0.1, 0.15) is 25.7 Å². The summed E-state index contributed by atoms with van der Waals surface area (Å²) in [4.78, 5) is 13.1. The van der Waals surface area contributed by atoms with E-state index >= 15 is 0 Å². The van der Waals surface area contributed by atoms with Gasteiger partial charge < -0.3 is 15.5 Å². The van der Waals surface area contributed by atoms with Gasteiger partial charge in [-0.05, 0) is 18.9 Å². The molecule has 0 bridgehead atoms. The first-order valence-electron chi connectivity index (χ1n) is 6.10. The van der Waals surface area contributed by atoms with Crippen LogP contribution in [0.3, 0.4) is 0 Å². The third kappa shape index (κ3) is 3.09. The zero-order valence-corrected chi connectivity index (χ0v) is 9.30. The highest BCUT2D eigenvalue weighted by atomic mass is 16.2. The van der Waals surface area contributed by atoms with Gasteiger partial charge in [0.25, 0.3) is 0 Å². The van der Waals surface area contributed by atoms with Crippen LogP contribution in [0.5, 0.6) is 0 Å². The summed E-state index contributed by atoms with van der Waals surface area (Å²) in [6.07, 6.45) is 5.59. The Hall–Kier alpha value is -0.770. The lowest BCUT2D eigenvalue weighted by Gasteiger charge is -2.25. The molecule has 0 atom stereocenters. The van der Waals surface area contributed by atoms with Gasteiger partial charge in [0.15, 0.2) is 0 Å². The minimum absolute atomic E-state index is 0.0933. The van der Waals surface area contributed by atoms with Crippen molar-refractivity contribution >= 4 is 6.03 Å². The molecular formula is C11H21N3O. The highest BCUT2D eigenvalue weighted by Crippen LogP contribution is 2.28. The molecule has 1 saturated heterocycles. The number of hydrogen-bond acceptors (Lipinski definition) is 2. The maximum absolute atomic E-state index is 11.2. The maximum atomic E-state index is 11.2. The molecule has 1 aliphatic carbocycles. The van der Waals surface area contributed by atoms with Crippen molar-refractivity contribution in [2.75, 3.05) is 32.7 Å². The summed E-state index contributed by atoms with van der Waals surface area (Å²) in [6.45, 7) is 4.56. The first-order chi connectivity index (χ1) is 7.36. The molecule has 2 N–H and O–H groups in total. The van der Waals surface area contributed by atoms with E-state index in [1.807, 2.05) is 4.90 Å². The minimum atomic E-state index is 0.0933. The summed E-state index contributed by atoms with van der Waals surface area (Å²) < 4.78 is 0. The van der Waals surface area contributed by atoms with Crippen LogP contribution in [-0.2, 0) is 0 Å². The van der Waals surface area contributed by atoms with Gasteiger partial charge in [-0.15, -0.1) is 0 Å². The highest BCUT2D eigenvalue weighted by Gasteiger charge is 2.18. The molecule has 2 fully saturated rings. The SMILES string of the molecule is O=C1NCCN1CCNCCC1CCC1. The van der Waals surface area contributed by atoms with Crippen molar-refractivity contribution in [2.45, 2.75) is 25.7 Å². The van der Waals surface area contributed by atoms with Gasteiger partial charge in [0.2, 0.25) is 0 Å². The Morgan fingerprint density at radius 1 is 1.40 bits per heavy atom. The van der Waals surface area contributed by atoms with E-state index in [0.29, 0.717) is 0 Å². The molecule has 1 aliphatic heterocycles.